The van der Waals surface area contributed by atoms with Crippen LogP contribution in [0.15, 0.2) is 12.4 Å². The Morgan fingerprint density at radius 1 is 1.27 bits per heavy atom. The molecule has 1 aromatic heterocycles. The van der Waals surface area contributed by atoms with Crippen LogP contribution < -0.4 is 4.90 Å². The molecule has 2 rings (SSSR count). The number of hydrogen-bond acceptors (Lipinski definition) is 4. The summed E-state index contributed by atoms with van der Waals surface area (Å²) in [5.74, 6) is 0.716. The highest BCUT2D eigenvalue weighted by molar-refractivity contribution is 5.35. The molecular formula is C11H17N3O. The summed E-state index contributed by atoms with van der Waals surface area (Å²) >= 11 is 0. The molecule has 0 aromatic carbocycles. The summed E-state index contributed by atoms with van der Waals surface area (Å²) in [6.45, 7) is 7.71. The van der Waals surface area contributed by atoms with Crippen LogP contribution in [0.3, 0.4) is 0 Å². The third-order valence-electron chi connectivity index (χ3n) is 2.65. The van der Waals surface area contributed by atoms with Crippen molar-refractivity contribution in [2.45, 2.75) is 32.3 Å². The van der Waals surface area contributed by atoms with Gasteiger partial charge in [0.25, 0.3) is 0 Å². The molecule has 1 fully saturated rings. The highest BCUT2D eigenvalue weighted by Crippen LogP contribution is 2.22. The highest BCUT2D eigenvalue weighted by atomic mass is 16.3. The molecule has 2 heterocycles. The fourth-order valence-electron chi connectivity index (χ4n) is 1.49. The van der Waals surface area contributed by atoms with Crippen molar-refractivity contribution >= 4 is 5.95 Å². The number of rotatable bonds is 1. The fourth-order valence-corrected chi connectivity index (χ4v) is 1.49. The molecule has 15 heavy (non-hydrogen) atoms. The van der Waals surface area contributed by atoms with Crippen molar-refractivity contribution in [1.82, 2.24) is 9.97 Å². The highest BCUT2D eigenvalue weighted by Gasteiger charge is 2.26. The summed E-state index contributed by atoms with van der Waals surface area (Å²) in [6, 6.07) is 0. The number of aliphatic hydroxyl groups excluding tert-OH is 1. The molecule has 0 aliphatic carbocycles. The molecule has 0 unspecified atom stereocenters. The number of aliphatic hydroxyl groups is 1. The van der Waals surface area contributed by atoms with E-state index in [2.05, 4.69) is 30.7 Å². The molecule has 4 nitrogen and oxygen atoms in total. The maximum atomic E-state index is 9.17. The first kappa shape index (κ1) is 10.4. The molecule has 1 aliphatic rings. The molecular weight excluding hydrogens is 190 g/mol. The molecule has 0 radical (unpaired) electrons. The van der Waals surface area contributed by atoms with Gasteiger partial charge < -0.3 is 10.0 Å². The van der Waals surface area contributed by atoms with Gasteiger partial charge in [0.1, 0.15) is 0 Å². The van der Waals surface area contributed by atoms with E-state index in [0.29, 0.717) is 19.0 Å². The summed E-state index contributed by atoms with van der Waals surface area (Å²) in [6.07, 6.45) is 3.52. The maximum absolute atomic E-state index is 9.17. The minimum atomic E-state index is -0.212. The van der Waals surface area contributed by atoms with E-state index in [-0.39, 0.29) is 11.5 Å². The third-order valence-corrected chi connectivity index (χ3v) is 2.65. The molecule has 1 N–H and O–H groups in total. The van der Waals surface area contributed by atoms with Gasteiger partial charge in [0.15, 0.2) is 0 Å². The minimum absolute atomic E-state index is 0.0903. The second-order valence-corrected chi connectivity index (χ2v) is 5.08. The quantitative estimate of drug-likeness (QED) is 0.745. The molecule has 0 spiro atoms. The second-order valence-electron chi connectivity index (χ2n) is 5.08. The predicted octanol–water partition coefficient (Wildman–Crippen LogP) is 0.955. The normalized spacial score (nSPS) is 17.7. The van der Waals surface area contributed by atoms with Gasteiger partial charge in [-0.1, -0.05) is 20.8 Å². The lowest BCUT2D eigenvalue weighted by Gasteiger charge is -2.35. The Morgan fingerprint density at radius 3 is 2.20 bits per heavy atom. The molecule has 0 saturated carbocycles. The molecule has 1 aliphatic heterocycles. The zero-order valence-corrected chi connectivity index (χ0v) is 9.44. The smallest absolute Gasteiger partial charge is 0.225 e. The molecule has 0 amide bonds. The minimum Gasteiger partial charge on any atom is -0.389 e. The van der Waals surface area contributed by atoms with E-state index in [4.69, 9.17) is 5.11 Å². The van der Waals surface area contributed by atoms with Crippen LogP contribution in [0.2, 0.25) is 0 Å². The van der Waals surface area contributed by atoms with Gasteiger partial charge in [-0.3, -0.25) is 0 Å². The Bertz CT molecular complexity index is 336. The predicted molar refractivity (Wildman–Crippen MR) is 59.0 cm³/mol. The van der Waals surface area contributed by atoms with E-state index in [9.17, 15) is 0 Å². The van der Waals surface area contributed by atoms with Gasteiger partial charge in [-0.05, 0) is 11.0 Å². The van der Waals surface area contributed by atoms with E-state index in [0.717, 1.165) is 5.56 Å². The van der Waals surface area contributed by atoms with Crippen LogP contribution in [-0.2, 0) is 5.41 Å². The Kier molecular flexibility index (Phi) is 2.38. The summed E-state index contributed by atoms with van der Waals surface area (Å²) < 4.78 is 0. The first-order valence-corrected chi connectivity index (χ1v) is 5.22. The van der Waals surface area contributed by atoms with Crippen molar-refractivity contribution in [1.29, 1.82) is 0 Å². The molecule has 1 saturated heterocycles. The number of hydrogen-bond donors (Lipinski definition) is 1. The van der Waals surface area contributed by atoms with Gasteiger partial charge in [0.05, 0.1) is 6.10 Å². The lowest BCUT2D eigenvalue weighted by Crippen LogP contribution is -2.51. The molecule has 1 aromatic rings. The SMILES string of the molecule is CC(C)(C)c1cnc(N2CC(O)C2)nc1. The van der Waals surface area contributed by atoms with Gasteiger partial charge >= 0.3 is 0 Å². The van der Waals surface area contributed by atoms with Gasteiger partial charge in [0, 0.05) is 25.5 Å². The van der Waals surface area contributed by atoms with Crippen LogP contribution >= 0.6 is 0 Å². The van der Waals surface area contributed by atoms with E-state index in [1.54, 1.807) is 0 Å². The Hall–Kier alpha value is -1.16. The van der Waals surface area contributed by atoms with Crippen LogP contribution in [0.25, 0.3) is 0 Å². The first-order valence-electron chi connectivity index (χ1n) is 5.22. The second kappa shape index (κ2) is 3.45. The Labute approximate surface area is 90.0 Å². The van der Waals surface area contributed by atoms with E-state index in [1.807, 2.05) is 17.3 Å². The first-order chi connectivity index (χ1) is 6.97. The van der Waals surface area contributed by atoms with Crippen molar-refractivity contribution in [2.24, 2.45) is 0 Å². The molecule has 0 bridgehead atoms. The zero-order valence-electron chi connectivity index (χ0n) is 9.44. The summed E-state index contributed by atoms with van der Waals surface area (Å²) in [5, 5.41) is 9.17. The number of anilines is 1. The topological polar surface area (TPSA) is 49.2 Å². The Balaban J connectivity index is 2.11. The number of β-amino-alcohol motifs (C(OH)–C–C–N with tert-alkyl or cyclic N) is 1. The van der Waals surface area contributed by atoms with Gasteiger partial charge in [-0.25, -0.2) is 9.97 Å². The van der Waals surface area contributed by atoms with Crippen molar-refractivity contribution < 1.29 is 5.11 Å². The maximum Gasteiger partial charge on any atom is 0.225 e. The average Bonchev–Trinajstić information content (AvgIpc) is 2.12. The lowest BCUT2D eigenvalue weighted by molar-refractivity contribution is 0.140. The van der Waals surface area contributed by atoms with E-state index < -0.39 is 0 Å². The number of nitrogens with zero attached hydrogens (tertiary/aromatic N) is 3. The van der Waals surface area contributed by atoms with Crippen molar-refractivity contribution in [3.05, 3.63) is 18.0 Å². The molecule has 82 valence electrons. The van der Waals surface area contributed by atoms with E-state index >= 15 is 0 Å². The fraction of sp³-hybridized carbons (Fsp3) is 0.636. The van der Waals surface area contributed by atoms with Gasteiger partial charge in [-0.2, -0.15) is 0 Å². The molecule has 0 atom stereocenters. The standard InChI is InChI=1S/C11H17N3O/c1-11(2,3)8-4-12-10(13-5-8)14-6-9(15)7-14/h4-5,9,15H,6-7H2,1-3H3. The van der Waals surface area contributed by atoms with Crippen LogP contribution in [0, 0.1) is 0 Å². The van der Waals surface area contributed by atoms with Crippen LogP contribution in [-0.4, -0.2) is 34.3 Å². The zero-order chi connectivity index (χ0) is 11.1. The van der Waals surface area contributed by atoms with Gasteiger partial charge in [0.2, 0.25) is 5.95 Å². The van der Waals surface area contributed by atoms with E-state index in [1.165, 1.54) is 0 Å². The summed E-state index contributed by atoms with van der Waals surface area (Å²) in [7, 11) is 0. The largest absolute Gasteiger partial charge is 0.389 e. The molecule has 4 heteroatoms. The van der Waals surface area contributed by atoms with Crippen LogP contribution in [0.1, 0.15) is 26.3 Å². The average molecular weight is 207 g/mol. The number of aromatic nitrogens is 2. The van der Waals surface area contributed by atoms with Crippen LogP contribution in [0.4, 0.5) is 5.95 Å². The Morgan fingerprint density at radius 2 is 1.80 bits per heavy atom. The summed E-state index contributed by atoms with van der Waals surface area (Å²) in [5.41, 5.74) is 1.22. The van der Waals surface area contributed by atoms with Crippen molar-refractivity contribution in [2.75, 3.05) is 18.0 Å². The lowest BCUT2D eigenvalue weighted by atomic mass is 9.89. The van der Waals surface area contributed by atoms with Crippen molar-refractivity contribution in [3.8, 4) is 0 Å². The monoisotopic (exact) mass is 207 g/mol. The third kappa shape index (κ3) is 2.09. The van der Waals surface area contributed by atoms with Crippen molar-refractivity contribution in [3.63, 3.8) is 0 Å². The summed E-state index contributed by atoms with van der Waals surface area (Å²) in [4.78, 5) is 10.6. The van der Waals surface area contributed by atoms with Crippen LogP contribution in [0.5, 0.6) is 0 Å². The van der Waals surface area contributed by atoms with Gasteiger partial charge in [-0.15, -0.1) is 0 Å².